The molecule has 1 aromatic heterocycles. The third kappa shape index (κ3) is 2.81. The SMILES string of the molecule is CCOC(=O)c1ccc(CCO)nc1. The number of pyridine rings is 1. The first kappa shape index (κ1) is 10.7. The van der Waals surface area contributed by atoms with Gasteiger partial charge in [-0.2, -0.15) is 0 Å². The molecule has 0 unspecified atom stereocenters. The van der Waals surface area contributed by atoms with Gasteiger partial charge >= 0.3 is 5.97 Å². The third-order valence-electron chi connectivity index (χ3n) is 1.70. The topological polar surface area (TPSA) is 59.4 Å². The van der Waals surface area contributed by atoms with Crippen molar-refractivity contribution in [3.63, 3.8) is 0 Å². The van der Waals surface area contributed by atoms with E-state index in [0.29, 0.717) is 18.6 Å². The van der Waals surface area contributed by atoms with E-state index in [1.807, 2.05) is 0 Å². The average Bonchev–Trinajstić information content (AvgIpc) is 2.20. The van der Waals surface area contributed by atoms with E-state index < -0.39 is 0 Å². The molecule has 0 radical (unpaired) electrons. The quantitative estimate of drug-likeness (QED) is 0.722. The minimum Gasteiger partial charge on any atom is -0.462 e. The molecule has 76 valence electrons. The first-order valence-corrected chi connectivity index (χ1v) is 4.50. The summed E-state index contributed by atoms with van der Waals surface area (Å²) in [7, 11) is 0. The summed E-state index contributed by atoms with van der Waals surface area (Å²) >= 11 is 0. The number of carbonyl (C=O) groups excluding carboxylic acids is 1. The Balaban J connectivity index is 2.67. The predicted octanol–water partition coefficient (Wildman–Crippen LogP) is 0.793. The van der Waals surface area contributed by atoms with E-state index >= 15 is 0 Å². The van der Waals surface area contributed by atoms with Gasteiger partial charge in [0.05, 0.1) is 12.2 Å². The molecule has 4 heteroatoms. The number of hydrogen-bond donors (Lipinski definition) is 1. The molecule has 0 bridgehead atoms. The number of ether oxygens (including phenoxy) is 1. The Labute approximate surface area is 82.5 Å². The second kappa shape index (κ2) is 5.34. The van der Waals surface area contributed by atoms with Crippen LogP contribution in [0.15, 0.2) is 18.3 Å². The number of aliphatic hydroxyl groups is 1. The molecule has 0 atom stereocenters. The molecule has 0 saturated heterocycles. The Morgan fingerprint density at radius 3 is 2.86 bits per heavy atom. The maximum atomic E-state index is 11.2. The average molecular weight is 195 g/mol. The van der Waals surface area contributed by atoms with E-state index in [9.17, 15) is 4.79 Å². The van der Waals surface area contributed by atoms with E-state index in [-0.39, 0.29) is 12.6 Å². The lowest BCUT2D eigenvalue weighted by Gasteiger charge is -2.01. The number of hydrogen-bond acceptors (Lipinski definition) is 4. The standard InChI is InChI=1S/C10H13NO3/c1-2-14-10(13)8-3-4-9(5-6-12)11-7-8/h3-4,7,12H,2,5-6H2,1H3. The first-order valence-electron chi connectivity index (χ1n) is 4.50. The minimum absolute atomic E-state index is 0.0613. The van der Waals surface area contributed by atoms with Gasteiger partial charge in [0, 0.05) is 24.9 Å². The second-order valence-corrected chi connectivity index (χ2v) is 2.73. The van der Waals surface area contributed by atoms with Gasteiger partial charge in [-0.05, 0) is 19.1 Å². The number of carbonyl (C=O) groups is 1. The summed E-state index contributed by atoms with van der Waals surface area (Å²) in [5.74, 6) is -0.365. The Bertz CT molecular complexity index is 295. The summed E-state index contributed by atoms with van der Waals surface area (Å²) in [5.41, 5.74) is 1.20. The van der Waals surface area contributed by atoms with E-state index in [1.54, 1.807) is 19.1 Å². The summed E-state index contributed by atoms with van der Waals surface area (Å²) in [6.45, 7) is 2.18. The molecule has 4 nitrogen and oxygen atoms in total. The van der Waals surface area contributed by atoms with Crippen LogP contribution >= 0.6 is 0 Å². The Morgan fingerprint density at radius 2 is 2.36 bits per heavy atom. The summed E-state index contributed by atoms with van der Waals surface area (Å²) < 4.78 is 4.80. The van der Waals surface area contributed by atoms with Gasteiger partial charge in [0.25, 0.3) is 0 Å². The normalized spacial score (nSPS) is 9.86. The fraction of sp³-hybridized carbons (Fsp3) is 0.400. The number of aromatic nitrogens is 1. The zero-order chi connectivity index (χ0) is 10.4. The molecule has 1 heterocycles. The molecule has 0 aliphatic carbocycles. The van der Waals surface area contributed by atoms with Crippen LogP contribution in [0.2, 0.25) is 0 Å². The van der Waals surface area contributed by atoms with Crippen LogP contribution in [0.1, 0.15) is 23.0 Å². The molecule has 1 N–H and O–H groups in total. The molecule has 0 aliphatic heterocycles. The zero-order valence-corrected chi connectivity index (χ0v) is 8.06. The van der Waals surface area contributed by atoms with E-state index in [0.717, 1.165) is 5.69 Å². The zero-order valence-electron chi connectivity index (χ0n) is 8.06. The maximum absolute atomic E-state index is 11.2. The highest BCUT2D eigenvalue weighted by Gasteiger charge is 2.05. The summed E-state index contributed by atoms with van der Waals surface area (Å²) in [6.07, 6.45) is 1.96. The van der Waals surface area contributed by atoms with Crippen molar-refractivity contribution >= 4 is 5.97 Å². The van der Waals surface area contributed by atoms with Crippen LogP contribution in [-0.2, 0) is 11.2 Å². The molecule has 14 heavy (non-hydrogen) atoms. The molecule has 0 fully saturated rings. The predicted molar refractivity (Wildman–Crippen MR) is 51.0 cm³/mol. The largest absolute Gasteiger partial charge is 0.462 e. The minimum atomic E-state index is -0.365. The van der Waals surface area contributed by atoms with Gasteiger partial charge in [-0.3, -0.25) is 4.98 Å². The molecule has 0 aliphatic rings. The monoisotopic (exact) mass is 195 g/mol. The first-order chi connectivity index (χ1) is 6.77. The highest BCUT2D eigenvalue weighted by atomic mass is 16.5. The Morgan fingerprint density at radius 1 is 1.57 bits per heavy atom. The van der Waals surface area contributed by atoms with Crippen LogP contribution in [0.5, 0.6) is 0 Å². The number of esters is 1. The maximum Gasteiger partial charge on any atom is 0.339 e. The van der Waals surface area contributed by atoms with Crippen LogP contribution < -0.4 is 0 Å². The second-order valence-electron chi connectivity index (χ2n) is 2.73. The molecular weight excluding hydrogens is 182 g/mol. The molecule has 0 spiro atoms. The van der Waals surface area contributed by atoms with Crippen molar-refractivity contribution < 1.29 is 14.6 Å². The fourth-order valence-corrected chi connectivity index (χ4v) is 1.02. The fourth-order valence-electron chi connectivity index (χ4n) is 1.02. The Hall–Kier alpha value is -1.42. The molecule has 1 rings (SSSR count). The van der Waals surface area contributed by atoms with Crippen molar-refractivity contribution in [2.24, 2.45) is 0 Å². The molecule has 0 amide bonds. The highest BCUT2D eigenvalue weighted by Crippen LogP contribution is 2.02. The van der Waals surface area contributed by atoms with E-state index in [4.69, 9.17) is 9.84 Å². The van der Waals surface area contributed by atoms with E-state index in [1.165, 1.54) is 6.20 Å². The van der Waals surface area contributed by atoms with Gasteiger partial charge < -0.3 is 9.84 Å². The Kier molecular flexibility index (Phi) is 4.07. The molecular formula is C10H13NO3. The smallest absolute Gasteiger partial charge is 0.339 e. The van der Waals surface area contributed by atoms with Crippen molar-refractivity contribution in [2.75, 3.05) is 13.2 Å². The summed E-state index contributed by atoms with van der Waals surface area (Å²) in [4.78, 5) is 15.2. The highest BCUT2D eigenvalue weighted by molar-refractivity contribution is 5.88. The molecule has 1 aromatic rings. The number of nitrogens with zero attached hydrogens (tertiary/aromatic N) is 1. The van der Waals surface area contributed by atoms with Crippen molar-refractivity contribution in [1.29, 1.82) is 0 Å². The van der Waals surface area contributed by atoms with Gasteiger partial charge in [-0.25, -0.2) is 4.79 Å². The van der Waals surface area contributed by atoms with Gasteiger partial charge in [0.15, 0.2) is 0 Å². The van der Waals surface area contributed by atoms with Crippen molar-refractivity contribution in [2.45, 2.75) is 13.3 Å². The van der Waals surface area contributed by atoms with Crippen molar-refractivity contribution in [3.8, 4) is 0 Å². The third-order valence-corrected chi connectivity index (χ3v) is 1.70. The van der Waals surface area contributed by atoms with Crippen molar-refractivity contribution in [1.82, 2.24) is 4.98 Å². The summed E-state index contributed by atoms with van der Waals surface area (Å²) in [5, 5.41) is 8.65. The van der Waals surface area contributed by atoms with Crippen LogP contribution in [-0.4, -0.2) is 29.3 Å². The summed E-state index contributed by atoms with van der Waals surface area (Å²) in [6, 6.07) is 3.36. The number of rotatable bonds is 4. The van der Waals surface area contributed by atoms with Crippen LogP contribution in [0.4, 0.5) is 0 Å². The molecule has 0 aromatic carbocycles. The van der Waals surface area contributed by atoms with Crippen molar-refractivity contribution in [3.05, 3.63) is 29.6 Å². The van der Waals surface area contributed by atoms with Gasteiger partial charge in [-0.15, -0.1) is 0 Å². The molecule has 0 saturated carbocycles. The van der Waals surface area contributed by atoms with Gasteiger partial charge in [-0.1, -0.05) is 0 Å². The van der Waals surface area contributed by atoms with Gasteiger partial charge in [0.1, 0.15) is 0 Å². The van der Waals surface area contributed by atoms with Crippen LogP contribution in [0.25, 0.3) is 0 Å². The lowest BCUT2D eigenvalue weighted by atomic mass is 10.2. The lowest BCUT2D eigenvalue weighted by molar-refractivity contribution is 0.0526. The van der Waals surface area contributed by atoms with E-state index in [2.05, 4.69) is 4.98 Å². The lowest BCUT2D eigenvalue weighted by Crippen LogP contribution is -2.05. The van der Waals surface area contributed by atoms with Gasteiger partial charge in [0.2, 0.25) is 0 Å². The number of aliphatic hydroxyl groups excluding tert-OH is 1. The van der Waals surface area contributed by atoms with Crippen LogP contribution in [0, 0.1) is 0 Å². The van der Waals surface area contributed by atoms with Crippen LogP contribution in [0.3, 0.4) is 0 Å².